The Balaban J connectivity index is 1.57. The summed E-state index contributed by atoms with van der Waals surface area (Å²) in [6.07, 6.45) is -1.82. The number of rotatable bonds is 2. The van der Waals surface area contributed by atoms with Crippen LogP contribution in [0.2, 0.25) is 0 Å². The molecule has 2 bridgehead atoms. The molecule has 3 heterocycles. The first kappa shape index (κ1) is 21.0. The summed E-state index contributed by atoms with van der Waals surface area (Å²) in [7, 11) is 0. The zero-order valence-corrected chi connectivity index (χ0v) is 18.3. The van der Waals surface area contributed by atoms with Crippen LogP contribution < -0.4 is 0 Å². The van der Waals surface area contributed by atoms with E-state index in [-0.39, 0.29) is 39.8 Å². The first-order chi connectivity index (χ1) is 14.9. The van der Waals surface area contributed by atoms with E-state index in [1.54, 1.807) is 30.3 Å². The fraction of sp³-hybridized carbons (Fsp3) is 0.458. The second kappa shape index (κ2) is 6.80. The normalized spacial score (nSPS) is 24.8. The smallest absolute Gasteiger partial charge is 0.334 e. The van der Waals surface area contributed by atoms with E-state index in [1.807, 2.05) is 4.90 Å². The summed E-state index contributed by atoms with van der Waals surface area (Å²) in [4.78, 5) is 19.6. The van der Waals surface area contributed by atoms with E-state index in [4.69, 9.17) is 0 Å². The van der Waals surface area contributed by atoms with Crippen molar-refractivity contribution in [3.05, 3.63) is 53.9 Å². The highest BCUT2D eigenvalue weighted by Crippen LogP contribution is 2.52. The molecule has 2 fully saturated rings. The van der Waals surface area contributed by atoms with Gasteiger partial charge in [0, 0.05) is 24.2 Å². The van der Waals surface area contributed by atoms with Gasteiger partial charge in [0.25, 0.3) is 5.91 Å². The molecule has 2 aliphatic rings. The van der Waals surface area contributed by atoms with Crippen molar-refractivity contribution in [3.8, 4) is 11.3 Å². The molecule has 0 radical (unpaired) electrons. The topological polar surface area (TPSA) is 50.5 Å². The minimum Gasteiger partial charge on any atom is -0.334 e. The van der Waals surface area contributed by atoms with Crippen molar-refractivity contribution >= 4 is 11.6 Å². The van der Waals surface area contributed by atoms with Crippen LogP contribution in [0.15, 0.2) is 42.5 Å². The third-order valence-electron chi connectivity index (χ3n) is 6.68. The van der Waals surface area contributed by atoms with E-state index < -0.39 is 11.9 Å². The van der Waals surface area contributed by atoms with E-state index in [0.717, 1.165) is 29.8 Å². The maximum atomic E-state index is 13.9. The van der Waals surface area contributed by atoms with Crippen LogP contribution in [0.4, 0.5) is 13.2 Å². The molecule has 32 heavy (non-hydrogen) atoms. The Morgan fingerprint density at radius 3 is 2.50 bits per heavy atom. The van der Waals surface area contributed by atoms with Crippen molar-refractivity contribution in [2.24, 2.45) is 10.8 Å². The molecule has 2 atom stereocenters. The SMILES string of the molecule is CC1(C)CC2CC(C)(CN2C(=O)c2cc3nc(-c4ccccc4)cc(C(F)(F)F)n3n2)C1. The highest BCUT2D eigenvalue weighted by atomic mass is 19.4. The molecule has 5 rings (SSSR count). The molecule has 5 nitrogen and oxygen atoms in total. The summed E-state index contributed by atoms with van der Waals surface area (Å²) in [5.41, 5.74) is -0.0292. The summed E-state index contributed by atoms with van der Waals surface area (Å²) in [6, 6.07) is 11.1. The average Bonchev–Trinajstić information content (AvgIpc) is 3.23. The lowest BCUT2D eigenvalue weighted by Gasteiger charge is -2.39. The van der Waals surface area contributed by atoms with Crippen LogP contribution >= 0.6 is 0 Å². The van der Waals surface area contributed by atoms with Gasteiger partial charge in [-0.3, -0.25) is 4.79 Å². The Morgan fingerprint density at radius 1 is 1.09 bits per heavy atom. The molecule has 168 valence electrons. The number of carbonyl (C=O) groups is 1. The lowest BCUT2D eigenvalue weighted by atomic mass is 9.65. The van der Waals surface area contributed by atoms with Crippen LogP contribution in [0, 0.1) is 10.8 Å². The number of benzene rings is 1. The number of halogens is 3. The molecule has 1 aliphatic carbocycles. The zero-order chi connectivity index (χ0) is 22.9. The first-order valence-corrected chi connectivity index (χ1v) is 10.8. The number of aromatic nitrogens is 3. The summed E-state index contributed by atoms with van der Waals surface area (Å²) in [5, 5.41) is 4.07. The van der Waals surface area contributed by atoms with Crippen LogP contribution in [-0.2, 0) is 6.18 Å². The minimum absolute atomic E-state index is 0.00201. The van der Waals surface area contributed by atoms with E-state index in [2.05, 4.69) is 30.9 Å². The molecule has 2 unspecified atom stereocenters. The minimum atomic E-state index is -4.64. The third kappa shape index (κ3) is 3.55. The van der Waals surface area contributed by atoms with Gasteiger partial charge in [0.05, 0.1) is 5.69 Å². The molecular formula is C24H25F3N4O. The number of alkyl halides is 3. The lowest BCUT2D eigenvalue weighted by molar-refractivity contribution is -0.142. The lowest BCUT2D eigenvalue weighted by Crippen LogP contribution is -2.37. The second-order valence-corrected chi connectivity index (χ2v) is 10.3. The fourth-order valence-corrected chi connectivity index (χ4v) is 5.88. The van der Waals surface area contributed by atoms with Gasteiger partial charge in [0.15, 0.2) is 17.0 Å². The molecular weight excluding hydrogens is 417 g/mol. The Kier molecular flexibility index (Phi) is 4.45. The number of fused-ring (bicyclic) bond motifs is 3. The van der Waals surface area contributed by atoms with Crippen LogP contribution in [0.5, 0.6) is 0 Å². The summed E-state index contributed by atoms with van der Waals surface area (Å²) >= 11 is 0. The standard InChI is InChI=1S/C24H25F3N4O/c1-22(2)11-16-12-23(3,13-22)14-30(16)21(32)18-10-20-28-17(15-7-5-4-6-8-15)9-19(24(25,26)27)31(20)29-18/h4-10,16H,11-14H2,1-3H3. The van der Waals surface area contributed by atoms with Gasteiger partial charge < -0.3 is 4.90 Å². The number of likely N-dealkylation sites (tertiary alicyclic amines) is 1. The maximum absolute atomic E-state index is 13.9. The molecule has 1 saturated heterocycles. The predicted molar refractivity (Wildman–Crippen MR) is 114 cm³/mol. The molecule has 1 aromatic carbocycles. The van der Waals surface area contributed by atoms with Gasteiger partial charge in [-0.05, 0) is 36.2 Å². The average molecular weight is 442 g/mol. The van der Waals surface area contributed by atoms with Crippen molar-refractivity contribution in [1.29, 1.82) is 0 Å². The highest BCUT2D eigenvalue weighted by Gasteiger charge is 2.51. The van der Waals surface area contributed by atoms with E-state index >= 15 is 0 Å². The molecule has 0 N–H and O–H groups in total. The summed E-state index contributed by atoms with van der Waals surface area (Å²) in [5.74, 6) is -0.323. The van der Waals surface area contributed by atoms with E-state index in [1.165, 1.54) is 6.07 Å². The van der Waals surface area contributed by atoms with Gasteiger partial charge in [-0.15, -0.1) is 0 Å². The van der Waals surface area contributed by atoms with Crippen LogP contribution in [-0.4, -0.2) is 38.0 Å². The van der Waals surface area contributed by atoms with E-state index in [9.17, 15) is 18.0 Å². The molecule has 1 aliphatic heterocycles. The molecule has 3 aromatic rings. The molecule has 2 aromatic heterocycles. The van der Waals surface area contributed by atoms with Gasteiger partial charge in [-0.2, -0.15) is 18.3 Å². The summed E-state index contributed by atoms with van der Waals surface area (Å²) in [6.45, 7) is 7.21. The Morgan fingerprint density at radius 2 is 1.81 bits per heavy atom. The Hall–Kier alpha value is -2.90. The number of carbonyl (C=O) groups excluding carboxylic acids is 1. The molecule has 1 amide bonds. The van der Waals surface area contributed by atoms with Crippen molar-refractivity contribution in [3.63, 3.8) is 0 Å². The Labute approximate surface area is 184 Å². The van der Waals surface area contributed by atoms with Gasteiger partial charge in [-0.1, -0.05) is 51.1 Å². The van der Waals surface area contributed by atoms with E-state index in [0.29, 0.717) is 12.1 Å². The van der Waals surface area contributed by atoms with Crippen molar-refractivity contribution < 1.29 is 18.0 Å². The molecule has 1 saturated carbocycles. The number of amides is 1. The van der Waals surface area contributed by atoms with Crippen molar-refractivity contribution in [2.45, 2.75) is 52.3 Å². The summed E-state index contributed by atoms with van der Waals surface area (Å²) < 4.78 is 42.3. The predicted octanol–water partition coefficient (Wildman–Crippen LogP) is 5.46. The van der Waals surface area contributed by atoms with Gasteiger partial charge in [0.1, 0.15) is 0 Å². The van der Waals surface area contributed by atoms with Gasteiger partial charge >= 0.3 is 6.18 Å². The third-order valence-corrected chi connectivity index (χ3v) is 6.68. The van der Waals surface area contributed by atoms with Crippen LogP contribution in [0.3, 0.4) is 0 Å². The van der Waals surface area contributed by atoms with Crippen LogP contribution in [0.1, 0.15) is 56.2 Å². The number of hydrogen-bond donors (Lipinski definition) is 0. The van der Waals surface area contributed by atoms with Crippen molar-refractivity contribution in [2.75, 3.05) is 6.54 Å². The van der Waals surface area contributed by atoms with Gasteiger partial charge in [-0.25, -0.2) is 9.50 Å². The molecule has 0 spiro atoms. The fourth-order valence-electron chi connectivity index (χ4n) is 5.88. The maximum Gasteiger partial charge on any atom is 0.433 e. The largest absolute Gasteiger partial charge is 0.433 e. The van der Waals surface area contributed by atoms with Gasteiger partial charge in [0.2, 0.25) is 0 Å². The number of nitrogens with zero attached hydrogens (tertiary/aromatic N) is 4. The number of hydrogen-bond acceptors (Lipinski definition) is 3. The van der Waals surface area contributed by atoms with Crippen LogP contribution in [0.25, 0.3) is 16.9 Å². The molecule has 8 heteroatoms. The monoisotopic (exact) mass is 442 g/mol. The second-order valence-electron chi connectivity index (χ2n) is 10.3. The first-order valence-electron chi connectivity index (χ1n) is 10.8. The zero-order valence-electron chi connectivity index (χ0n) is 18.3. The van der Waals surface area contributed by atoms with Crippen molar-refractivity contribution in [1.82, 2.24) is 19.5 Å². The quantitative estimate of drug-likeness (QED) is 0.530. The highest BCUT2D eigenvalue weighted by molar-refractivity contribution is 5.94. The Bertz CT molecular complexity index is 1200.